The van der Waals surface area contributed by atoms with Gasteiger partial charge in [0.2, 0.25) is 0 Å². The van der Waals surface area contributed by atoms with E-state index in [0.29, 0.717) is 11.3 Å². The van der Waals surface area contributed by atoms with Crippen LogP contribution in [0.2, 0.25) is 0 Å². The number of hydrogen-bond donors (Lipinski definition) is 0. The summed E-state index contributed by atoms with van der Waals surface area (Å²) in [5.41, 5.74) is -4.18. The molecule has 43 heavy (non-hydrogen) atoms. The highest BCUT2D eigenvalue weighted by Crippen LogP contribution is 2.47. The fraction of sp³-hybridized carbons (Fsp3) is 0. The number of thiophene rings is 1. The summed E-state index contributed by atoms with van der Waals surface area (Å²) in [4.78, 5) is 0. The molecule has 0 aliphatic heterocycles. The molecule has 0 N–H and O–H groups in total. The summed E-state index contributed by atoms with van der Waals surface area (Å²) in [5.74, 6) is 0. The van der Waals surface area contributed by atoms with Crippen LogP contribution in [0, 0.1) is 0 Å². The van der Waals surface area contributed by atoms with E-state index in [1.165, 1.54) is 0 Å². The third-order valence-corrected chi connectivity index (χ3v) is 7.97. The van der Waals surface area contributed by atoms with Crippen LogP contribution in [0.3, 0.4) is 0 Å². The molecule has 0 unspecified atom stereocenters. The third-order valence-electron chi connectivity index (χ3n) is 6.95. The van der Waals surface area contributed by atoms with Gasteiger partial charge in [-0.3, -0.25) is 0 Å². The normalized spacial score (nSPS) is 20.2. The Balaban J connectivity index is 1.57. The molecule has 200 valence electrons. The van der Waals surface area contributed by atoms with E-state index < -0.39 is 223 Å². The Labute approximate surface area is 290 Å². The lowest BCUT2D eigenvalue weighted by molar-refractivity contribution is 1.63. The summed E-state index contributed by atoms with van der Waals surface area (Å²) in [6.45, 7) is 0. The molecule has 0 aliphatic rings. The Hall–Kier alpha value is -5.24. The first-order valence-corrected chi connectivity index (χ1v) is 13.5. The first-order valence-electron chi connectivity index (χ1n) is 25.7. The molecule has 8 aromatic carbocycles. The third kappa shape index (κ3) is 3.82. The predicted molar refractivity (Wildman–Crippen MR) is 188 cm³/mol. The summed E-state index contributed by atoms with van der Waals surface area (Å²) in [5, 5.41) is -4.32. The van der Waals surface area contributed by atoms with Crippen molar-refractivity contribution in [3.05, 3.63) is 157 Å². The molecule has 0 saturated heterocycles. The minimum atomic E-state index is -1.06. The van der Waals surface area contributed by atoms with E-state index in [-0.39, 0.29) is 20.2 Å². The fourth-order valence-corrected chi connectivity index (χ4v) is 6.11. The van der Waals surface area contributed by atoms with Crippen LogP contribution < -0.4 is 0 Å². The standard InChI is InChI=1S/C42H26S/c1-2-11-30-26-31(25-22-27(30)10-1)28-20-23-29(24-21-28)40-32-12-3-5-14-34(32)41(35-15-6-4-13-33(35)40)37-17-9-19-39-42(37)36-16-7-8-18-38(36)43-39/h1-26H/i1D,2D,3D,4D,5D,6D,7D,8D,9D,10D,11D,12D,13D,14D,15D,16D,17D,18D,19D,20D,21D,22D,23D,24D,25D,26D. The first kappa shape index (κ1) is 9.91. The number of hydrogen-bond acceptors (Lipinski definition) is 1. The van der Waals surface area contributed by atoms with Crippen molar-refractivity contribution >= 4 is 63.8 Å². The van der Waals surface area contributed by atoms with Gasteiger partial charge in [-0.05, 0) is 83.8 Å². The molecule has 1 heterocycles. The SMILES string of the molecule is [2H]c1c([2H])c(-c2c3c([2H])c([2H])c([2H])c([2H])c3c(-c3c([2H])c([2H])c([2H])c4sc5c([2H])c([2H])c([2H])c([2H])c5c34)c3c([2H])c([2H])c([2H])c([2H])c23)c([2H])c([2H])c1-c1c([2H])c([2H])c2c([2H])c([2H])c([2H])c([2H])c2c1[2H]. The van der Waals surface area contributed by atoms with Gasteiger partial charge in [0.05, 0.1) is 35.6 Å². The van der Waals surface area contributed by atoms with E-state index in [1.54, 1.807) is 0 Å². The van der Waals surface area contributed by atoms with Gasteiger partial charge in [0.1, 0.15) is 0 Å². The highest BCUT2D eigenvalue weighted by Gasteiger charge is 2.19. The monoisotopic (exact) mass is 588 g/mol. The van der Waals surface area contributed by atoms with E-state index in [4.69, 9.17) is 23.3 Å². The average molecular weight is 589 g/mol. The molecule has 0 aliphatic carbocycles. The number of fused-ring (bicyclic) bond motifs is 6. The summed E-state index contributed by atoms with van der Waals surface area (Å²) >= 11 is 0.662. The molecule has 0 fully saturated rings. The lowest BCUT2D eigenvalue weighted by Gasteiger charge is -2.18. The molecular formula is C42H26S. The van der Waals surface area contributed by atoms with E-state index in [0.717, 1.165) is 0 Å². The van der Waals surface area contributed by atoms with Crippen molar-refractivity contribution in [2.24, 2.45) is 0 Å². The predicted octanol–water partition coefficient (Wildman–Crippen LogP) is 12.5. The van der Waals surface area contributed by atoms with Crippen molar-refractivity contribution in [1.82, 2.24) is 0 Å². The van der Waals surface area contributed by atoms with Crippen molar-refractivity contribution in [2.45, 2.75) is 0 Å². The largest absolute Gasteiger partial charge is 0.135 e. The number of benzene rings is 8. The Bertz CT molecular complexity index is 3860. The van der Waals surface area contributed by atoms with Crippen molar-refractivity contribution in [3.8, 4) is 33.4 Å². The van der Waals surface area contributed by atoms with E-state index in [9.17, 15) is 12.3 Å². The van der Waals surface area contributed by atoms with Crippen LogP contribution in [0.4, 0.5) is 0 Å². The van der Waals surface area contributed by atoms with Crippen molar-refractivity contribution in [3.63, 3.8) is 0 Å². The maximum absolute atomic E-state index is 9.50. The molecule has 0 atom stereocenters. The second-order valence-corrected chi connectivity index (χ2v) is 10.3. The van der Waals surface area contributed by atoms with Crippen LogP contribution in [0.15, 0.2) is 157 Å². The molecule has 0 spiro atoms. The summed E-state index contributed by atoms with van der Waals surface area (Å²) in [7, 11) is 0. The molecule has 0 radical (unpaired) electrons. The molecule has 0 saturated carbocycles. The molecule has 0 bridgehead atoms. The van der Waals surface area contributed by atoms with Crippen LogP contribution in [0.1, 0.15) is 35.6 Å². The van der Waals surface area contributed by atoms with Gasteiger partial charge in [0.25, 0.3) is 0 Å². The molecule has 9 rings (SSSR count). The van der Waals surface area contributed by atoms with Crippen molar-refractivity contribution < 1.29 is 35.6 Å². The van der Waals surface area contributed by atoms with Crippen LogP contribution in [-0.4, -0.2) is 0 Å². The van der Waals surface area contributed by atoms with Gasteiger partial charge in [0, 0.05) is 20.2 Å². The highest BCUT2D eigenvalue weighted by atomic mass is 32.1. The Kier molecular flexibility index (Phi) is 2.23. The van der Waals surface area contributed by atoms with Crippen LogP contribution >= 0.6 is 11.3 Å². The number of rotatable bonds is 3. The summed E-state index contributed by atoms with van der Waals surface area (Å²) in [6, 6.07) is -22.4. The van der Waals surface area contributed by atoms with Gasteiger partial charge in [-0.2, -0.15) is 0 Å². The molecule has 0 nitrogen and oxygen atoms in total. The van der Waals surface area contributed by atoms with Gasteiger partial charge < -0.3 is 0 Å². The highest BCUT2D eigenvalue weighted by molar-refractivity contribution is 7.25. The van der Waals surface area contributed by atoms with Gasteiger partial charge >= 0.3 is 0 Å². The molecule has 0 amide bonds. The van der Waals surface area contributed by atoms with Gasteiger partial charge in [0.15, 0.2) is 0 Å². The van der Waals surface area contributed by atoms with Gasteiger partial charge in [-0.1, -0.05) is 139 Å². The zero-order valence-electron chi connectivity index (χ0n) is 47.4. The van der Waals surface area contributed by atoms with E-state index >= 15 is 0 Å². The maximum atomic E-state index is 9.50. The molecule has 9 aromatic rings. The summed E-state index contributed by atoms with van der Waals surface area (Å²) in [6.07, 6.45) is 0. The van der Waals surface area contributed by atoms with Crippen LogP contribution in [-0.2, 0) is 0 Å². The fourth-order valence-electron chi connectivity index (χ4n) is 5.14. The quantitative estimate of drug-likeness (QED) is 0.180. The topological polar surface area (TPSA) is 0 Å². The van der Waals surface area contributed by atoms with Crippen molar-refractivity contribution in [2.75, 3.05) is 0 Å². The molecular weight excluding hydrogens is 537 g/mol. The lowest BCUT2D eigenvalue weighted by atomic mass is 9.84. The second kappa shape index (κ2) is 9.66. The second-order valence-electron chi connectivity index (χ2n) is 9.26. The maximum Gasteiger partial charge on any atom is 0.0638 e. The van der Waals surface area contributed by atoms with Gasteiger partial charge in [-0.15, -0.1) is 11.3 Å². The van der Waals surface area contributed by atoms with Gasteiger partial charge in [-0.25, -0.2) is 0 Å². The zero-order chi connectivity index (χ0) is 51.0. The lowest BCUT2D eigenvalue weighted by Crippen LogP contribution is -1.91. The zero-order valence-corrected chi connectivity index (χ0v) is 22.2. The summed E-state index contributed by atoms with van der Waals surface area (Å²) < 4.78 is 232. The smallest absolute Gasteiger partial charge is 0.0638 e. The Morgan fingerprint density at radius 1 is 0.372 bits per heavy atom. The van der Waals surface area contributed by atoms with Crippen molar-refractivity contribution in [1.29, 1.82) is 0 Å². The first-order chi connectivity index (χ1) is 32.2. The van der Waals surface area contributed by atoms with E-state index in [1.807, 2.05) is 0 Å². The Morgan fingerprint density at radius 2 is 0.907 bits per heavy atom. The minimum absolute atomic E-state index is 0.135. The molecule has 1 aromatic heterocycles. The minimum Gasteiger partial charge on any atom is -0.135 e. The van der Waals surface area contributed by atoms with E-state index in [2.05, 4.69) is 0 Å². The molecule has 1 heteroatoms. The van der Waals surface area contributed by atoms with Crippen LogP contribution in [0.25, 0.3) is 85.9 Å². The van der Waals surface area contributed by atoms with Crippen LogP contribution in [0.5, 0.6) is 0 Å². The Morgan fingerprint density at radius 3 is 1.63 bits per heavy atom. The average Bonchev–Trinajstić information content (AvgIpc) is 3.72.